The van der Waals surface area contributed by atoms with E-state index in [9.17, 15) is 4.79 Å². The molecule has 1 fully saturated rings. The average Bonchev–Trinajstić information content (AvgIpc) is 3.14. The zero-order valence-electron chi connectivity index (χ0n) is 18.2. The van der Waals surface area contributed by atoms with Crippen LogP contribution in [0.2, 0.25) is 0 Å². The lowest BCUT2D eigenvalue weighted by atomic mass is 9.97. The molecule has 1 saturated heterocycles. The Morgan fingerprint density at radius 1 is 1.28 bits per heavy atom. The summed E-state index contributed by atoms with van der Waals surface area (Å²) >= 11 is 0. The summed E-state index contributed by atoms with van der Waals surface area (Å²) in [6, 6.07) is 0.330. The third-order valence-electron chi connectivity index (χ3n) is 4.62. The van der Waals surface area contributed by atoms with E-state index >= 15 is 0 Å². The molecule has 10 heteroatoms. The van der Waals surface area contributed by atoms with Crippen molar-refractivity contribution in [3.8, 4) is 0 Å². The van der Waals surface area contributed by atoms with Gasteiger partial charge >= 0.3 is 0 Å². The van der Waals surface area contributed by atoms with Crippen LogP contribution in [-0.2, 0) is 16.8 Å². The standard InChI is InChI=1S/C19H35N7O2.HI/c1-6-9-21-16(27)13-26-10-7-14(8-11-26)23-18(20-5)22-12-15-24-17(28-25-15)19(2,3)4;/h14H,6-13H2,1-5H3,(H,21,27)(H2,20,22,23);1H. The number of aromatic nitrogens is 2. The first-order chi connectivity index (χ1) is 13.3. The van der Waals surface area contributed by atoms with E-state index in [1.165, 1.54) is 0 Å². The van der Waals surface area contributed by atoms with Gasteiger partial charge in [0.15, 0.2) is 11.8 Å². The van der Waals surface area contributed by atoms with Gasteiger partial charge in [0.2, 0.25) is 11.8 Å². The van der Waals surface area contributed by atoms with E-state index in [1.54, 1.807) is 7.05 Å². The first-order valence-corrected chi connectivity index (χ1v) is 10.1. The molecule has 9 nitrogen and oxygen atoms in total. The molecule has 0 aromatic carbocycles. The van der Waals surface area contributed by atoms with Crippen LogP contribution in [0.5, 0.6) is 0 Å². The normalized spacial score (nSPS) is 16.2. The van der Waals surface area contributed by atoms with Crippen LogP contribution in [0.3, 0.4) is 0 Å². The van der Waals surface area contributed by atoms with Crippen LogP contribution < -0.4 is 16.0 Å². The number of guanidine groups is 1. The van der Waals surface area contributed by atoms with Crippen molar-refractivity contribution in [1.29, 1.82) is 0 Å². The molecule has 0 spiro atoms. The first-order valence-electron chi connectivity index (χ1n) is 10.1. The van der Waals surface area contributed by atoms with Gasteiger partial charge in [-0.2, -0.15) is 4.98 Å². The van der Waals surface area contributed by atoms with Crippen molar-refractivity contribution < 1.29 is 9.32 Å². The maximum atomic E-state index is 11.8. The van der Waals surface area contributed by atoms with Gasteiger partial charge in [0.25, 0.3) is 0 Å². The highest BCUT2D eigenvalue weighted by atomic mass is 127. The van der Waals surface area contributed by atoms with Crippen molar-refractivity contribution in [3.63, 3.8) is 0 Å². The number of hydrogen-bond acceptors (Lipinski definition) is 6. The summed E-state index contributed by atoms with van der Waals surface area (Å²) in [7, 11) is 1.75. The highest BCUT2D eigenvalue weighted by molar-refractivity contribution is 14.0. The van der Waals surface area contributed by atoms with E-state index in [2.05, 4.69) is 42.9 Å². The second-order valence-corrected chi connectivity index (χ2v) is 8.24. The molecule has 0 unspecified atom stereocenters. The van der Waals surface area contributed by atoms with E-state index in [1.807, 2.05) is 20.8 Å². The predicted octanol–water partition coefficient (Wildman–Crippen LogP) is 1.64. The molecule has 3 N–H and O–H groups in total. The molecule has 1 aliphatic rings. The molecule has 0 radical (unpaired) electrons. The van der Waals surface area contributed by atoms with E-state index in [0.29, 0.717) is 30.8 Å². The van der Waals surface area contributed by atoms with Gasteiger partial charge in [-0.1, -0.05) is 32.9 Å². The molecule has 1 aromatic heterocycles. The van der Waals surface area contributed by atoms with Gasteiger partial charge in [-0.25, -0.2) is 0 Å². The second kappa shape index (κ2) is 12.3. The van der Waals surface area contributed by atoms with Crippen molar-refractivity contribution in [2.24, 2.45) is 4.99 Å². The maximum absolute atomic E-state index is 11.8. The van der Waals surface area contributed by atoms with Crippen molar-refractivity contribution in [2.45, 2.75) is 65.0 Å². The number of nitrogens with zero attached hydrogens (tertiary/aromatic N) is 4. The van der Waals surface area contributed by atoms with Gasteiger partial charge < -0.3 is 20.5 Å². The largest absolute Gasteiger partial charge is 0.355 e. The zero-order valence-corrected chi connectivity index (χ0v) is 20.6. The number of piperidine rings is 1. The fourth-order valence-corrected chi connectivity index (χ4v) is 2.94. The Kier molecular flexibility index (Phi) is 10.9. The van der Waals surface area contributed by atoms with Crippen LogP contribution in [0.4, 0.5) is 0 Å². The van der Waals surface area contributed by atoms with Crippen LogP contribution in [0, 0.1) is 0 Å². The van der Waals surface area contributed by atoms with Gasteiger partial charge in [-0.15, -0.1) is 24.0 Å². The van der Waals surface area contributed by atoms with Crippen LogP contribution in [0.1, 0.15) is 58.7 Å². The van der Waals surface area contributed by atoms with Crippen LogP contribution >= 0.6 is 24.0 Å². The summed E-state index contributed by atoms with van der Waals surface area (Å²) in [5, 5.41) is 13.6. The summed E-state index contributed by atoms with van der Waals surface area (Å²) in [6.45, 7) is 11.6. The van der Waals surface area contributed by atoms with Crippen LogP contribution in [0.25, 0.3) is 0 Å². The number of carbonyl (C=O) groups is 1. The monoisotopic (exact) mass is 521 g/mol. The summed E-state index contributed by atoms with van der Waals surface area (Å²) in [6.07, 6.45) is 2.90. The van der Waals surface area contributed by atoms with Crippen LogP contribution in [-0.4, -0.2) is 66.2 Å². The van der Waals surface area contributed by atoms with Crippen molar-refractivity contribution in [2.75, 3.05) is 33.2 Å². The van der Waals surface area contributed by atoms with Gasteiger partial charge in [-0.3, -0.25) is 14.7 Å². The number of hydrogen-bond donors (Lipinski definition) is 3. The molecule has 1 aromatic rings. The van der Waals surface area contributed by atoms with Crippen LogP contribution in [0.15, 0.2) is 9.52 Å². The average molecular weight is 521 g/mol. The van der Waals surface area contributed by atoms with E-state index in [-0.39, 0.29) is 35.3 Å². The minimum Gasteiger partial charge on any atom is -0.355 e. The number of amides is 1. The number of nitrogens with one attached hydrogen (secondary N) is 3. The number of rotatable bonds is 7. The second-order valence-electron chi connectivity index (χ2n) is 8.24. The third kappa shape index (κ3) is 8.85. The molecule has 2 rings (SSSR count). The number of likely N-dealkylation sites (tertiary alicyclic amines) is 1. The topological polar surface area (TPSA) is 108 Å². The molecule has 29 heavy (non-hydrogen) atoms. The number of aliphatic imine (C=N–C) groups is 1. The summed E-state index contributed by atoms with van der Waals surface area (Å²) in [4.78, 5) is 22.8. The highest BCUT2D eigenvalue weighted by Crippen LogP contribution is 2.19. The van der Waals surface area contributed by atoms with Gasteiger partial charge in [0.05, 0.1) is 13.1 Å². The van der Waals surface area contributed by atoms with E-state index in [0.717, 1.165) is 44.9 Å². The molecular weight excluding hydrogens is 485 g/mol. The quantitative estimate of drug-likeness (QED) is 0.285. The number of carbonyl (C=O) groups excluding carboxylic acids is 1. The Morgan fingerprint density at radius 3 is 2.52 bits per heavy atom. The minimum atomic E-state index is -0.160. The minimum absolute atomic E-state index is 0. The Bertz CT molecular complexity index is 649. The summed E-state index contributed by atoms with van der Waals surface area (Å²) in [5.74, 6) is 2.07. The molecule has 1 aliphatic heterocycles. The van der Waals surface area contributed by atoms with Gasteiger partial charge in [0, 0.05) is 38.1 Å². The Balaban J connectivity index is 0.00000420. The third-order valence-corrected chi connectivity index (χ3v) is 4.62. The van der Waals surface area contributed by atoms with E-state index in [4.69, 9.17) is 4.52 Å². The molecule has 0 aliphatic carbocycles. The highest BCUT2D eigenvalue weighted by Gasteiger charge is 2.23. The predicted molar refractivity (Wildman–Crippen MR) is 125 cm³/mol. The molecule has 0 atom stereocenters. The summed E-state index contributed by atoms with van der Waals surface area (Å²) < 4.78 is 5.31. The smallest absolute Gasteiger partial charge is 0.234 e. The maximum Gasteiger partial charge on any atom is 0.234 e. The van der Waals surface area contributed by atoms with Crippen molar-refractivity contribution in [3.05, 3.63) is 11.7 Å². The fraction of sp³-hybridized carbons (Fsp3) is 0.789. The molecule has 0 saturated carbocycles. The Labute approximate surface area is 190 Å². The lowest BCUT2D eigenvalue weighted by molar-refractivity contribution is -0.122. The molecule has 166 valence electrons. The molecule has 0 bridgehead atoms. The number of halogens is 1. The Morgan fingerprint density at radius 2 is 1.97 bits per heavy atom. The summed E-state index contributed by atoms with van der Waals surface area (Å²) in [5.41, 5.74) is -0.160. The first kappa shape index (κ1) is 25.6. The zero-order chi connectivity index (χ0) is 20.6. The van der Waals surface area contributed by atoms with Crippen molar-refractivity contribution >= 4 is 35.8 Å². The van der Waals surface area contributed by atoms with Gasteiger partial charge in [0.1, 0.15) is 0 Å². The van der Waals surface area contributed by atoms with E-state index < -0.39 is 0 Å². The Hall–Kier alpha value is -1.43. The fourth-order valence-electron chi connectivity index (χ4n) is 2.94. The molecular formula is C19H36IN7O2. The van der Waals surface area contributed by atoms with Crippen molar-refractivity contribution in [1.82, 2.24) is 31.0 Å². The lowest BCUT2D eigenvalue weighted by Gasteiger charge is -2.32. The molecule has 2 heterocycles. The van der Waals surface area contributed by atoms with Gasteiger partial charge in [-0.05, 0) is 19.3 Å². The SMILES string of the molecule is CCCNC(=O)CN1CCC(NC(=NC)NCc2noc(C(C)(C)C)n2)CC1.I. The lowest BCUT2D eigenvalue weighted by Crippen LogP contribution is -2.50. The molecule has 1 amide bonds.